The monoisotopic (exact) mass is 232 g/mol. The Hall–Kier alpha value is -0.870. The van der Waals surface area contributed by atoms with Crippen molar-refractivity contribution < 1.29 is 0 Å². The molecule has 0 unspecified atom stereocenters. The van der Waals surface area contributed by atoms with Crippen LogP contribution >= 0.6 is 7.92 Å². The van der Waals surface area contributed by atoms with Gasteiger partial charge in [0.05, 0.1) is 0 Å². The maximum Gasteiger partial charge on any atom is -0.0237 e. The van der Waals surface area contributed by atoms with Crippen LogP contribution in [0.25, 0.3) is 0 Å². The Morgan fingerprint density at radius 1 is 1.25 bits per heavy atom. The van der Waals surface area contributed by atoms with Crippen molar-refractivity contribution in [3.8, 4) is 0 Å². The SMILES string of the molecule is C=CC1=C\C(P(C)C)=C/C(CC)=C(C)\C=C\1. The summed E-state index contributed by atoms with van der Waals surface area (Å²) in [5.41, 5.74) is 4.02. The average Bonchev–Trinajstić information content (AvgIpc) is 2.24. The van der Waals surface area contributed by atoms with Gasteiger partial charge in [-0.1, -0.05) is 45.7 Å². The lowest BCUT2D eigenvalue weighted by Crippen LogP contribution is -1.88. The zero-order chi connectivity index (χ0) is 12.1. The summed E-state index contributed by atoms with van der Waals surface area (Å²) >= 11 is 0. The summed E-state index contributed by atoms with van der Waals surface area (Å²) in [6.45, 7) is 12.9. The Morgan fingerprint density at radius 2 is 1.94 bits per heavy atom. The van der Waals surface area contributed by atoms with E-state index in [0.29, 0.717) is 0 Å². The molecule has 0 aromatic heterocycles. The first-order valence-electron chi connectivity index (χ1n) is 5.69. The zero-order valence-electron chi connectivity index (χ0n) is 10.7. The van der Waals surface area contributed by atoms with Gasteiger partial charge >= 0.3 is 0 Å². The topological polar surface area (TPSA) is 0 Å². The molecule has 0 aliphatic heterocycles. The second-order valence-corrected chi connectivity index (χ2v) is 6.51. The summed E-state index contributed by atoms with van der Waals surface area (Å²) in [6.07, 6.45) is 12.0. The lowest BCUT2D eigenvalue weighted by molar-refractivity contribution is 1.12. The zero-order valence-corrected chi connectivity index (χ0v) is 11.6. The largest absolute Gasteiger partial charge is 0.0985 e. The third-order valence-electron chi connectivity index (χ3n) is 2.80. The maximum atomic E-state index is 3.86. The molecule has 0 bridgehead atoms. The third kappa shape index (κ3) is 3.32. The number of hydrogen-bond donors (Lipinski definition) is 0. The minimum Gasteiger partial charge on any atom is -0.0985 e. The minimum atomic E-state index is -0.0623. The van der Waals surface area contributed by atoms with Gasteiger partial charge in [-0.25, -0.2) is 0 Å². The van der Waals surface area contributed by atoms with Crippen LogP contribution < -0.4 is 0 Å². The summed E-state index contributed by atoms with van der Waals surface area (Å²) in [5, 5.41) is 1.45. The van der Waals surface area contributed by atoms with Gasteiger partial charge in [-0.05, 0) is 54.8 Å². The fourth-order valence-corrected chi connectivity index (χ4v) is 2.47. The fraction of sp³-hybridized carbons (Fsp3) is 0.333. The van der Waals surface area contributed by atoms with Crippen LogP contribution in [0, 0.1) is 0 Å². The number of rotatable bonds is 3. The fourth-order valence-electron chi connectivity index (χ4n) is 1.65. The Balaban J connectivity index is 3.25. The van der Waals surface area contributed by atoms with Gasteiger partial charge in [-0.2, -0.15) is 0 Å². The van der Waals surface area contributed by atoms with Gasteiger partial charge in [-0.15, -0.1) is 0 Å². The standard InChI is InChI=1S/C15H21P/c1-6-13-9-8-12(3)14(7-2)11-15(10-13)16(4)5/h6,8-11H,1,7H2,2-5H3/b9-8+,12-8?,13-9?,13-10+,14-11?,14-12-,15-10?,15-11+. The molecule has 0 fully saturated rings. The molecule has 0 aromatic rings. The lowest BCUT2D eigenvalue weighted by Gasteiger charge is -2.13. The predicted octanol–water partition coefficient (Wildman–Crippen LogP) is 5.02. The van der Waals surface area contributed by atoms with E-state index >= 15 is 0 Å². The molecule has 0 heterocycles. The maximum absolute atomic E-state index is 3.86. The van der Waals surface area contributed by atoms with Crippen LogP contribution in [0.5, 0.6) is 0 Å². The van der Waals surface area contributed by atoms with Crippen molar-refractivity contribution >= 4 is 7.92 Å². The van der Waals surface area contributed by atoms with Crippen molar-refractivity contribution in [3.05, 3.63) is 59.0 Å². The highest BCUT2D eigenvalue weighted by Crippen LogP contribution is 2.40. The molecule has 0 radical (unpaired) electrons. The van der Waals surface area contributed by atoms with E-state index in [1.807, 2.05) is 6.08 Å². The van der Waals surface area contributed by atoms with Crippen LogP contribution in [0.4, 0.5) is 0 Å². The molecule has 1 heteroatoms. The van der Waals surface area contributed by atoms with Crippen LogP contribution in [0.15, 0.2) is 59.0 Å². The van der Waals surface area contributed by atoms with Gasteiger partial charge in [-0.3, -0.25) is 0 Å². The summed E-state index contributed by atoms with van der Waals surface area (Å²) in [5.74, 6) is 0. The Kier molecular flexibility index (Phi) is 4.96. The number of allylic oxidation sites excluding steroid dienone is 9. The molecule has 0 aromatic carbocycles. The van der Waals surface area contributed by atoms with Crippen LogP contribution in [-0.4, -0.2) is 13.3 Å². The van der Waals surface area contributed by atoms with Gasteiger partial charge < -0.3 is 0 Å². The molecule has 0 spiro atoms. The second kappa shape index (κ2) is 6.01. The highest BCUT2D eigenvalue weighted by Gasteiger charge is 2.05. The quantitative estimate of drug-likeness (QED) is 0.599. The van der Waals surface area contributed by atoms with E-state index in [1.54, 1.807) is 0 Å². The van der Waals surface area contributed by atoms with Crippen molar-refractivity contribution in [2.45, 2.75) is 20.3 Å². The molecular weight excluding hydrogens is 211 g/mol. The Morgan fingerprint density at radius 3 is 2.44 bits per heavy atom. The molecule has 86 valence electrons. The van der Waals surface area contributed by atoms with Crippen molar-refractivity contribution in [1.82, 2.24) is 0 Å². The van der Waals surface area contributed by atoms with E-state index in [4.69, 9.17) is 0 Å². The highest BCUT2D eigenvalue weighted by atomic mass is 31.1. The van der Waals surface area contributed by atoms with Crippen LogP contribution in [0.3, 0.4) is 0 Å². The van der Waals surface area contributed by atoms with Crippen molar-refractivity contribution in [3.63, 3.8) is 0 Å². The van der Waals surface area contributed by atoms with E-state index in [-0.39, 0.29) is 7.92 Å². The third-order valence-corrected chi connectivity index (χ3v) is 4.09. The van der Waals surface area contributed by atoms with Gasteiger partial charge in [0.25, 0.3) is 0 Å². The highest BCUT2D eigenvalue weighted by molar-refractivity contribution is 7.60. The molecule has 16 heavy (non-hydrogen) atoms. The molecule has 0 saturated carbocycles. The number of hydrogen-bond acceptors (Lipinski definition) is 0. The summed E-state index contributed by atoms with van der Waals surface area (Å²) in [6, 6.07) is 0. The summed E-state index contributed by atoms with van der Waals surface area (Å²) in [7, 11) is -0.0623. The first-order valence-corrected chi connectivity index (χ1v) is 7.93. The molecule has 1 rings (SSSR count). The smallest absolute Gasteiger partial charge is 0.0237 e. The average molecular weight is 232 g/mol. The first-order chi connectivity index (χ1) is 7.58. The minimum absolute atomic E-state index is 0.0623. The van der Waals surface area contributed by atoms with Crippen LogP contribution in [0.1, 0.15) is 20.3 Å². The lowest BCUT2D eigenvalue weighted by atomic mass is 10.0. The van der Waals surface area contributed by atoms with Crippen LogP contribution in [-0.2, 0) is 0 Å². The summed E-state index contributed by atoms with van der Waals surface area (Å²) in [4.78, 5) is 0. The van der Waals surface area contributed by atoms with E-state index < -0.39 is 0 Å². The van der Waals surface area contributed by atoms with Crippen molar-refractivity contribution in [2.75, 3.05) is 13.3 Å². The molecule has 0 atom stereocenters. The van der Waals surface area contributed by atoms with E-state index in [9.17, 15) is 0 Å². The van der Waals surface area contributed by atoms with Crippen LogP contribution in [0.2, 0.25) is 0 Å². The molecule has 0 saturated heterocycles. The van der Waals surface area contributed by atoms with Gasteiger partial charge in [0.2, 0.25) is 0 Å². The van der Waals surface area contributed by atoms with Crippen molar-refractivity contribution in [1.29, 1.82) is 0 Å². The van der Waals surface area contributed by atoms with Gasteiger partial charge in [0.15, 0.2) is 0 Å². The van der Waals surface area contributed by atoms with Gasteiger partial charge in [0.1, 0.15) is 0 Å². The van der Waals surface area contributed by atoms with E-state index in [0.717, 1.165) is 6.42 Å². The van der Waals surface area contributed by atoms with E-state index in [1.165, 1.54) is 22.0 Å². The summed E-state index contributed by atoms with van der Waals surface area (Å²) < 4.78 is 0. The van der Waals surface area contributed by atoms with Gasteiger partial charge in [0, 0.05) is 0 Å². The molecule has 1 aliphatic rings. The molecule has 0 amide bonds. The first kappa shape index (κ1) is 13.2. The van der Waals surface area contributed by atoms with Crippen molar-refractivity contribution in [2.24, 2.45) is 0 Å². The Bertz CT molecular complexity index is 390. The molecule has 0 nitrogen and oxygen atoms in total. The second-order valence-electron chi connectivity index (χ2n) is 4.21. The molecular formula is C15H21P. The van der Waals surface area contributed by atoms with E-state index in [2.05, 4.69) is 58.1 Å². The Labute approximate surface area is 101 Å². The normalized spacial score (nSPS) is 29.8. The predicted molar refractivity (Wildman–Crippen MR) is 77.3 cm³/mol. The molecule has 1 aliphatic carbocycles. The molecule has 0 N–H and O–H groups in total.